The van der Waals surface area contributed by atoms with Crippen LogP contribution in [0.15, 0.2) is 53.0 Å². The van der Waals surface area contributed by atoms with Gasteiger partial charge in [0.15, 0.2) is 5.78 Å². The molecule has 3 aromatic rings. The van der Waals surface area contributed by atoms with Crippen molar-refractivity contribution in [3.63, 3.8) is 0 Å². The highest BCUT2D eigenvalue weighted by Crippen LogP contribution is 2.32. The molecule has 0 saturated heterocycles. The van der Waals surface area contributed by atoms with Crippen molar-refractivity contribution in [2.24, 2.45) is 0 Å². The number of rotatable bonds is 6. The van der Waals surface area contributed by atoms with E-state index in [0.717, 1.165) is 46.8 Å². The maximum Gasteiger partial charge on any atom is 0.411 e. The van der Waals surface area contributed by atoms with Crippen molar-refractivity contribution in [2.45, 2.75) is 52.6 Å². The lowest BCUT2D eigenvalue weighted by atomic mass is 9.94. The number of carbonyl (C=O) groups excluding carboxylic acids is 2. The monoisotopic (exact) mass is 554 g/mol. The number of amides is 1. The second-order valence-electron chi connectivity index (χ2n) is 9.03. The van der Waals surface area contributed by atoms with E-state index in [2.05, 4.69) is 26.6 Å². The van der Waals surface area contributed by atoms with E-state index < -0.39 is 6.09 Å². The first-order valence-electron chi connectivity index (χ1n) is 11.7. The highest BCUT2D eigenvalue weighted by molar-refractivity contribution is 9.10. The Morgan fingerprint density at radius 3 is 2.31 bits per heavy atom. The van der Waals surface area contributed by atoms with E-state index in [-0.39, 0.29) is 11.9 Å². The zero-order valence-electron chi connectivity index (χ0n) is 20.0. The van der Waals surface area contributed by atoms with Crippen LogP contribution in [0.4, 0.5) is 21.9 Å². The van der Waals surface area contributed by atoms with E-state index in [9.17, 15) is 9.59 Å². The van der Waals surface area contributed by atoms with E-state index in [4.69, 9.17) is 16.3 Å². The van der Waals surface area contributed by atoms with E-state index >= 15 is 0 Å². The third kappa shape index (κ3) is 6.06. The largest absolute Gasteiger partial charge is 0.446 e. The van der Waals surface area contributed by atoms with Gasteiger partial charge in [-0.15, -0.1) is 0 Å². The molecular formula is C28H28BrClN2O3. The molecule has 35 heavy (non-hydrogen) atoms. The maximum absolute atomic E-state index is 13.2. The zero-order chi connectivity index (χ0) is 25.1. The first-order valence-corrected chi connectivity index (χ1v) is 12.8. The van der Waals surface area contributed by atoms with E-state index in [0.29, 0.717) is 33.2 Å². The van der Waals surface area contributed by atoms with Crippen LogP contribution < -0.4 is 10.6 Å². The second kappa shape index (κ2) is 10.8. The van der Waals surface area contributed by atoms with Crippen LogP contribution in [0.3, 0.4) is 0 Å². The Morgan fingerprint density at radius 2 is 1.60 bits per heavy atom. The Labute approximate surface area is 219 Å². The third-order valence-corrected chi connectivity index (χ3v) is 7.18. The summed E-state index contributed by atoms with van der Waals surface area (Å²) in [7, 11) is 0. The summed E-state index contributed by atoms with van der Waals surface area (Å²) >= 11 is 10.0. The molecule has 1 fully saturated rings. The van der Waals surface area contributed by atoms with Crippen molar-refractivity contribution in [2.75, 3.05) is 10.6 Å². The van der Waals surface area contributed by atoms with Crippen LogP contribution in [0.2, 0.25) is 5.02 Å². The highest BCUT2D eigenvalue weighted by atomic mass is 79.9. The number of ketones is 1. The van der Waals surface area contributed by atoms with Gasteiger partial charge in [-0.2, -0.15) is 0 Å². The van der Waals surface area contributed by atoms with Gasteiger partial charge < -0.3 is 10.1 Å². The number of carbonyl (C=O) groups is 2. The summed E-state index contributed by atoms with van der Waals surface area (Å²) in [4.78, 5) is 25.6. The van der Waals surface area contributed by atoms with Crippen molar-refractivity contribution in [1.82, 2.24) is 0 Å². The number of hydrogen-bond donors (Lipinski definition) is 2. The molecule has 1 saturated carbocycles. The molecule has 1 aliphatic rings. The lowest BCUT2D eigenvalue weighted by Crippen LogP contribution is -2.20. The van der Waals surface area contributed by atoms with E-state index in [1.165, 1.54) is 0 Å². The number of aryl methyl sites for hydroxylation is 3. The predicted octanol–water partition coefficient (Wildman–Crippen LogP) is 8.49. The zero-order valence-corrected chi connectivity index (χ0v) is 22.3. The number of hydrogen-bond acceptors (Lipinski definition) is 4. The molecule has 7 heteroatoms. The summed E-state index contributed by atoms with van der Waals surface area (Å²) in [5.74, 6) is -0.109. The summed E-state index contributed by atoms with van der Waals surface area (Å²) in [5.41, 5.74) is 6.17. The van der Waals surface area contributed by atoms with Gasteiger partial charge in [0.25, 0.3) is 0 Å². The van der Waals surface area contributed by atoms with E-state index in [1.54, 1.807) is 24.3 Å². The van der Waals surface area contributed by atoms with Crippen molar-refractivity contribution < 1.29 is 14.3 Å². The van der Waals surface area contributed by atoms with Gasteiger partial charge in [-0.3, -0.25) is 10.1 Å². The minimum atomic E-state index is -0.471. The number of halogens is 2. The predicted molar refractivity (Wildman–Crippen MR) is 145 cm³/mol. The Hall–Kier alpha value is -2.83. The third-order valence-electron chi connectivity index (χ3n) is 6.37. The van der Waals surface area contributed by atoms with Gasteiger partial charge >= 0.3 is 6.09 Å². The number of benzene rings is 3. The molecule has 0 spiro atoms. The van der Waals surface area contributed by atoms with Crippen LogP contribution in [0, 0.1) is 20.8 Å². The van der Waals surface area contributed by atoms with Crippen LogP contribution in [-0.4, -0.2) is 18.0 Å². The molecule has 182 valence electrons. The molecule has 5 nitrogen and oxygen atoms in total. The van der Waals surface area contributed by atoms with E-state index in [1.807, 2.05) is 45.0 Å². The smallest absolute Gasteiger partial charge is 0.411 e. The van der Waals surface area contributed by atoms with Crippen molar-refractivity contribution in [3.8, 4) is 0 Å². The van der Waals surface area contributed by atoms with Crippen LogP contribution in [0.25, 0.3) is 0 Å². The first-order chi connectivity index (χ1) is 16.7. The Balaban J connectivity index is 1.53. The molecule has 0 radical (unpaired) electrons. The van der Waals surface area contributed by atoms with Gasteiger partial charge in [0.05, 0.1) is 16.4 Å². The fourth-order valence-electron chi connectivity index (χ4n) is 4.31. The minimum absolute atomic E-state index is 0.0246. The summed E-state index contributed by atoms with van der Waals surface area (Å²) in [6, 6.07) is 14.7. The molecule has 0 atom stereocenters. The molecule has 2 N–H and O–H groups in total. The molecule has 3 aromatic carbocycles. The highest BCUT2D eigenvalue weighted by Gasteiger charge is 2.20. The lowest BCUT2D eigenvalue weighted by Gasteiger charge is -2.16. The molecule has 0 bridgehead atoms. The van der Waals surface area contributed by atoms with Crippen molar-refractivity contribution in [1.29, 1.82) is 0 Å². The topological polar surface area (TPSA) is 67.4 Å². The number of anilines is 3. The van der Waals surface area contributed by atoms with Gasteiger partial charge in [0.2, 0.25) is 0 Å². The number of nitrogens with one attached hydrogen (secondary N) is 2. The normalized spacial score (nSPS) is 13.5. The fourth-order valence-corrected chi connectivity index (χ4v) is 4.94. The summed E-state index contributed by atoms with van der Waals surface area (Å²) < 4.78 is 6.36. The molecule has 1 amide bonds. The standard InChI is InChI=1S/C28H28BrClN2O3/c1-16-12-18(3)23(13-17(16)2)27(33)22-10-9-20(15-24(22)30)31-25-11-8-19(29)14-26(25)32-28(34)35-21-6-4-5-7-21/h8-15,21,31H,4-7H2,1-3H3,(H,32,34). The van der Waals surface area contributed by atoms with Gasteiger partial charge in [0.1, 0.15) is 6.10 Å². The molecule has 0 aromatic heterocycles. The summed E-state index contributed by atoms with van der Waals surface area (Å²) in [6.45, 7) is 5.96. The second-order valence-corrected chi connectivity index (χ2v) is 10.3. The molecule has 0 aliphatic heterocycles. The Bertz CT molecular complexity index is 1290. The lowest BCUT2D eigenvalue weighted by molar-refractivity contribution is 0.103. The quantitative estimate of drug-likeness (QED) is 0.299. The molecule has 0 unspecified atom stereocenters. The first kappa shape index (κ1) is 25.3. The fraction of sp³-hybridized carbons (Fsp3) is 0.286. The van der Waals surface area contributed by atoms with Gasteiger partial charge in [-0.1, -0.05) is 33.6 Å². The molecule has 0 heterocycles. The van der Waals surface area contributed by atoms with Crippen LogP contribution in [0.1, 0.15) is 58.3 Å². The summed E-state index contributed by atoms with van der Waals surface area (Å²) in [6.07, 6.45) is 3.49. The van der Waals surface area contributed by atoms with Crippen LogP contribution in [-0.2, 0) is 4.74 Å². The molecular weight excluding hydrogens is 528 g/mol. The van der Waals surface area contributed by atoms with Crippen LogP contribution >= 0.6 is 27.5 Å². The number of ether oxygens (including phenoxy) is 1. The van der Waals surface area contributed by atoms with Crippen molar-refractivity contribution >= 4 is 56.5 Å². The van der Waals surface area contributed by atoms with Gasteiger partial charge in [0, 0.05) is 21.3 Å². The minimum Gasteiger partial charge on any atom is -0.446 e. The van der Waals surface area contributed by atoms with Gasteiger partial charge in [-0.05, 0) is 106 Å². The SMILES string of the molecule is Cc1cc(C)c(C(=O)c2ccc(Nc3ccc(Br)cc3NC(=O)OC3CCCC3)cc2Cl)cc1C. The van der Waals surface area contributed by atoms with Crippen molar-refractivity contribution in [3.05, 3.63) is 85.8 Å². The average molecular weight is 556 g/mol. The summed E-state index contributed by atoms with van der Waals surface area (Å²) in [5, 5.41) is 6.48. The van der Waals surface area contributed by atoms with Gasteiger partial charge in [-0.25, -0.2) is 4.79 Å². The Morgan fingerprint density at radius 1 is 0.886 bits per heavy atom. The average Bonchev–Trinajstić information content (AvgIpc) is 3.30. The maximum atomic E-state index is 13.2. The molecule has 1 aliphatic carbocycles. The Kier molecular flexibility index (Phi) is 7.82. The molecule has 4 rings (SSSR count). The van der Waals surface area contributed by atoms with Crippen LogP contribution in [0.5, 0.6) is 0 Å².